The summed E-state index contributed by atoms with van der Waals surface area (Å²) in [5.74, 6) is -0.973. The van der Waals surface area contributed by atoms with Crippen molar-refractivity contribution in [3.05, 3.63) is 23.8 Å². The number of amides is 1. The lowest BCUT2D eigenvalue weighted by molar-refractivity contribution is -0.283. The smallest absolute Gasteiger partial charge is 0.330 e. The van der Waals surface area contributed by atoms with Gasteiger partial charge in [0, 0.05) is 24.7 Å². The predicted molar refractivity (Wildman–Crippen MR) is 109 cm³/mol. The normalized spacial score (nSPS) is 40.6. The van der Waals surface area contributed by atoms with Crippen LogP contribution in [-0.4, -0.2) is 46.1 Å². The van der Waals surface area contributed by atoms with E-state index in [1.807, 2.05) is 6.92 Å². The summed E-state index contributed by atoms with van der Waals surface area (Å²) in [6.07, 6.45) is 10.6. The number of aliphatic hydroxyl groups is 1. The number of thioether (sulfide) groups is 1. The fraction of sp³-hybridized carbons (Fsp3) is 0.714. The van der Waals surface area contributed by atoms with Gasteiger partial charge >= 0.3 is 5.97 Å². The molecule has 0 aromatic heterocycles. The SMILES string of the molecule is CC[C@@H]1/C=C\CC/C(C)=C\C(=O)O[C@@H]2CC(CC1)O[C@@](O)([C@@H]1CSC(=O)N1)C2. The number of allylic oxidation sites excluding steroid dienone is 3. The maximum absolute atomic E-state index is 12.3. The maximum Gasteiger partial charge on any atom is 0.330 e. The number of ether oxygens (including phenoxy) is 2. The van der Waals surface area contributed by atoms with Gasteiger partial charge in [-0.05, 0) is 44.9 Å². The van der Waals surface area contributed by atoms with E-state index in [1.54, 1.807) is 6.08 Å². The van der Waals surface area contributed by atoms with Crippen molar-refractivity contribution in [2.75, 3.05) is 5.75 Å². The second-order valence-electron chi connectivity index (χ2n) is 8.08. The molecule has 0 spiro atoms. The Balaban J connectivity index is 1.79. The first-order valence-corrected chi connectivity index (χ1v) is 11.2. The first-order valence-electron chi connectivity index (χ1n) is 10.3. The van der Waals surface area contributed by atoms with E-state index in [4.69, 9.17) is 9.47 Å². The lowest BCUT2D eigenvalue weighted by atomic mass is 9.89. The molecule has 0 aromatic carbocycles. The average molecular weight is 410 g/mol. The number of hydrogen-bond donors (Lipinski definition) is 2. The van der Waals surface area contributed by atoms with E-state index in [0.29, 0.717) is 18.1 Å². The fourth-order valence-electron chi connectivity index (χ4n) is 4.11. The highest BCUT2D eigenvalue weighted by Crippen LogP contribution is 2.37. The second-order valence-corrected chi connectivity index (χ2v) is 9.07. The zero-order valence-corrected chi connectivity index (χ0v) is 17.5. The van der Waals surface area contributed by atoms with Crippen LogP contribution in [0.2, 0.25) is 0 Å². The molecule has 3 heterocycles. The Bertz CT molecular complexity index is 649. The minimum atomic E-state index is -1.51. The molecule has 1 amide bonds. The van der Waals surface area contributed by atoms with E-state index in [1.165, 1.54) is 0 Å². The van der Waals surface area contributed by atoms with Gasteiger partial charge in [-0.1, -0.05) is 36.4 Å². The van der Waals surface area contributed by atoms with Gasteiger partial charge < -0.3 is 19.9 Å². The third-order valence-corrected chi connectivity index (χ3v) is 6.66. The molecule has 0 aliphatic carbocycles. The van der Waals surface area contributed by atoms with Crippen molar-refractivity contribution in [2.24, 2.45) is 5.92 Å². The Kier molecular flexibility index (Phi) is 7.23. The fourth-order valence-corrected chi connectivity index (χ4v) is 5.00. The van der Waals surface area contributed by atoms with Crippen molar-refractivity contribution in [3.8, 4) is 0 Å². The van der Waals surface area contributed by atoms with E-state index in [9.17, 15) is 14.7 Å². The Labute approximate surface area is 171 Å². The Morgan fingerprint density at radius 3 is 2.86 bits per heavy atom. The Morgan fingerprint density at radius 1 is 1.32 bits per heavy atom. The molecular weight excluding hydrogens is 378 g/mol. The first kappa shape index (κ1) is 21.4. The van der Waals surface area contributed by atoms with Crippen LogP contribution in [0.15, 0.2) is 23.8 Å². The van der Waals surface area contributed by atoms with Gasteiger partial charge in [0.15, 0.2) is 5.79 Å². The lowest BCUT2D eigenvalue weighted by Gasteiger charge is -2.43. The van der Waals surface area contributed by atoms with E-state index in [0.717, 1.165) is 49.4 Å². The third-order valence-electron chi connectivity index (χ3n) is 5.78. The molecule has 2 bridgehead atoms. The number of carbonyl (C=O) groups excluding carboxylic acids is 2. The zero-order chi connectivity index (χ0) is 20.1. The summed E-state index contributed by atoms with van der Waals surface area (Å²) in [6.45, 7) is 4.11. The second kappa shape index (κ2) is 9.46. The molecule has 2 saturated heterocycles. The molecule has 3 aliphatic rings. The van der Waals surface area contributed by atoms with Gasteiger partial charge in [-0.2, -0.15) is 0 Å². The summed E-state index contributed by atoms with van der Waals surface area (Å²) in [7, 11) is 0. The minimum absolute atomic E-state index is 0.158. The molecular formula is C21H31NO5S. The largest absolute Gasteiger partial charge is 0.459 e. The number of nitrogens with one attached hydrogen (secondary N) is 1. The summed E-state index contributed by atoms with van der Waals surface area (Å²) in [6, 6.07) is -0.493. The van der Waals surface area contributed by atoms with E-state index in [-0.39, 0.29) is 23.7 Å². The highest BCUT2D eigenvalue weighted by molar-refractivity contribution is 8.14. The average Bonchev–Trinajstić information content (AvgIpc) is 3.07. The number of carbonyl (C=O) groups is 2. The van der Waals surface area contributed by atoms with Crippen LogP contribution in [0.4, 0.5) is 4.79 Å². The molecule has 0 saturated carbocycles. The molecule has 0 radical (unpaired) electrons. The molecule has 2 fully saturated rings. The summed E-state index contributed by atoms with van der Waals surface area (Å²) in [5.41, 5.74) is 0.984. The molecule has 3 rings (SSSR count). The number of rotatable bonds is 2. The number of hydrogen-bond acceptors (Lipinski definition) is 6. The topological polar surface area (TPSA) is 84.9 Å². The summed E-state index contributed by atoms with van der Waals surface area (Å²) in [5, 5.41) is 13.8. The van der Waals surface area contributed by atoms with Crippen LogP contribution < -0.4 is 5.32 Å². The van der Waals surface area contributed by atoms with Gasteiger partial charge in [0.1, 0.15) is 6.10 Å². The highest BCUT2D eigenvalue weighted by Gasteiger charge is 2.49. The molecule has 28 heavy (non-hydrogen) atoms. The van der Waals surface area contributed by atoms with Crippen molar-refractivity contribution in [2.45, 2.75) is 82.8 Å². The van der Waals surface area contributed by atoms with Crippen molar-refractivity contribution in [3.63, 3.8) is 0 Å². The van der Waals surface area contributed by atoms with Crippen molar-refractivity contribution in [1.82, 2.24) is 5.32 Å². The molecule has 6 nitrogen and oxygen atoms in total. The molecule has 0 aromatic rings. The zero-order valence-electron chi connectivity index (χ0n) is 16.7. The van der Waals surface area contributed by atoms with E-state index < -0.39 is 17.9 Å². The van der Waals surface area contributed by atoms with Gasteiger partial charge in [-0.25, -0.2) is 4.79 Å². The van der Waals surface area contributed by atoms with E-state index >= 15 is 0 Å². The third kappa shape index (κ3) is 5.61. The quantitative estimate of drug-likeness (QED) is 0.534. The molecule has 3 aliphatic heterocycles. The monoisotopic (exact) mass is 409 g/mol. The van der Waals surface area contributed by atoms with Crippen molar-refractivity contribution < 1.29 is 24.2 Å². The van der Waals surface area contributed by atoms with Crippen LogP contribution in [0.3, 0.4) is 0 Å². The van der Waals surface area contributed by atoms with Crippen LogP contribution >= 0.6 is 11.8 Å². The van der Waals surface area contributed by atoms with Gasteiger partial charge in [0.25, 0.3) is 5.24 Å². The molecule has 1 unspecified atom stereocenters. The molecule has 156 valence electrons. The van der Waals surface area contributed by atoms with Crippen LogP contribution in [0.5, 0.6) is 0 Å². The van der Waals surface area contributed by atoms with E-state index in [2.05, 4.69) is 24.4 Å². The summed E-state index contributed by atoms with van der Waals surface area (Å²) < 4.78 is 11.8. The molecule has 2 N–H and O–H groups in total. The van der Waals surface area contributed by atoms with Gasteiger partial charge in [-0.15, -0.1) is 0 Å². The van der Waals surface area contributed by atoms with Crippen LogP contribution in [0.1, 0.15) is 58.8 Å². The van der Waals surface area contributed by atoms with Crippen molar-refractivity contribution >= 4 is 23.0 Å². The minimum Gasteiger partial charge on any atom is -0.459 e. The first-order chi connectivity index (χ1) is 13.4. The highest BCUT2D eigenvalue weighted by atomic mass is 32.2. The Morgan fingerprint density at radius 2 is 2.14 bits per heavy atom. The van der Waals surface area contributed by atoms with Crippen LogP contribution in [-0.2, 0) is 14.3 Å². The Hall–Kier alpha value is -1.31. The van der Waals surface area contributed by atoms with Gasteiger partial charge in [0.05, 0.1) is 12.1 Å². The number of esters is 1. The number of fused-ring (bicyclic) bond motifs is 2. The molecule has 5 atom stereocenters. The predicted octanol–water partition coefficient (Wildman–Crippen LogP) is 3.69. The molecule has 7 heteroatoms. The van der Waals surface area contributed by atoms with Crippen LogP contribution in [0, 0.1) is 5.92 Å². The van der Waals surface area contributed by atoms with Crippen LogP contribution in [0.25, 0.3) is 0 Å². The van der Waals surface area contributed by atoms with Crippen molar-refractivity contribution in [1.29, 1.82) is 0 Å². The van der Waals surface area contributed by atoms with Gasteiger partial charge in [0.2, 0.25) is 0 Å². The van der Waals surface area contributed by atoms with Gasteiger partial charge in [-0.3, -0.25) is 4.79 Å². The maximum atomic E-state index is 12.3. The standard InChI is InChI=1S/C21H31NO5S/c1-3-15-7-5-4-6-14(2)10-19(23)26-17-11-16(9-8-15)27-21(25,12-17)18-13-28-20(24)22-18/h5,7,10,15-18,25H,3-4,6,8-9,11-13H2,1-2H3,(H,22,24)/b7-5-,14-10-/t15-,16?,17-,18+,21-/m1/s1. The lowest BCUT2D eigenvalue weighted by Crippen LogP contribution is -2.58. The summed E-state index contributed by atoms with van der Waals surface area (Å²) >= 11 is 1.14. The summed E-state index contributed by atoms with van der Waals surface area (Å²) in [4.78, 5) is 24.0.